The lowest BCUT2D eigenvalue weighted by Crippen LogP contribution is -2.17. The summed E-state index contributed by atoms with van der Waals surface area (Å²) in [6, 6.07) is 11.5. The maximum Gasteiger partial charge on any atom is 0.351 e. The first-order valence-corrected chi connectivity index (χ1v) is 10.6. The average Bonchev–Trinajstić information content (AvgIpc) is 2.73. The third-order valence-corrected chi connectivity index (χ3v) is 6.20. The predicted molar refractivity (Wildman–Crippen MR) is 109 cm³/mol. The van der Waals surface area contributed by atoms with Gasteiger partial charge in [0.2, 0.25) is 9.84 Å². The van der Waals surface area contributed by atoms with Gasteiger partial charge >= 0.3 is 5.97 Å². The van der Waals surface area contributed by atoms with Gasteiger partial charge in [0.1, 0.15) is 13.2 Å². The number of benzene rings is 2. The topological polar surface area (TPSA) is 90.9 Å². The molecule has 0 atom stereocenters. The third-order valence-electron chi connectivity index (χ3n) is 4.45. The fourth-order valence-corrected chi connectivity index (χ4v) is 4.05. The SMILES string of the molecule is COC(=O)/C(=C\Nc1ccc2c(c1)OCCO2)S(=O)(=O)c1ccc(C(C)C)cc1. The van der Waals surface area contributed by atoms with Gasteiger partial charge in [-0.3, -0.25) is 0 Å². The number of fused-ring (bicyclic) bond motifs is 1. The summed E-state index contributed by atoms with van der Waals surface area (Å²) < 4.78 is 41.7. The summed E-state index contributed by atoms with van der Waals surface area (Å²) in [5.41, 5.74) is 1.54. The molecule has 2 aromatic carbocycles. The first-order valence-electron chi connectivity index (χ1n) is 9.12. The highest BCUT2D eigenvalue weighted by molar-refractivity contribution is 7.96. The van der Waals surface area contributed by atoms with Gasteiger partial charge in [0.25, 0.3) is 0 Å². The first kappa shape index (κ1) is 20.7. The van der Waals surface area contributed by atoms with E-state index in [4.69, 9.17) is 14.2 Å². The van der Waals surface area contributed by atoms with E-state index in [0.29, 0.717) is 30.4 Å². The van der Waals surface area contributed by atoms with Gasteiger partial charge in [-0.15, -0.1) is 0 Å². The van der Waals surface area contributed by atoms with E-state index in [1.54, 1.807) is 30.3 Å². The Hall–Kier alpha value is -3.00. The van der Waals surface area contributed by atoms with Crippen molar-refractivity contribution in [2.24, 2.45) is 0 Å². The van der Waals surface area contributed by atoms with Gasteiger partial charge in [0.05, 0.1) is 12.0 Å². The van der Waals surface area contributed by atoms with Crippen molar-refractivity contribution in [3.63, 3.8) is 0 Å². The zero-order chi connectivity index (χ0) is 21.0. The highest BCUT2D eigenvalue weighted by Gasteiger charge is 2.28. The Labute approximate surface area is 170 Å². The number of sulfone groups is 1. The van der Waals surface area contributed by atoms with Crippen LogP contribution in [0.4, 0.5) is 5.69 Å². The zero-order valence-electron chi connectivity index (χ0n) is 16.5. The highest BCUT2D eigenvalue weighted by atomic mass is 32.2. The van der Waals surface area contributed by atoms with Gasteiger partial charge in [-0.2, -0.15) is 0 Å². The van der Waals surface area contributed by atoms with E-state index in [2.05, 4.69) is 5.32 Å². The molecule has 0 aliphatic carbocycles. The van der Waals surface area contributed by atoms with E-state index in [1.165, 1.54) is 12.1 Å². The van der Waals surface area contributed by atoms with E-state index >= 15 is 0 Å². The molecular weight excluding hydrogens is 394 g/mol. The van der Waals surface area contributed by atoms with Crippen LogP contribution >= 0.6 is 0 Å². The van der Waals surface area contributed by atoms with Gasteiger partial charge < -0.3 is 19.5 Å². The Morgan fingerprint density at radius 3 is 2.34 bits per heavy atom. The average molecular weight is 417 g/mol. The van der Waals surface area contributed by atoms with Crippen LogP contribution in [0.25, 0.3) is 0 Å². The van der Waals surface area contributed by atoms with Crippen molar-refractivity contribution in [3.8, 4) is 11.5 Å². The van der Waals surface area contributed by atoms with Crippen molar-refractivity contribution in [2.75, 3.05) is 25.6 Å². The molecule has 0 fully saturated rings. The number of carbonyl (C=O) groups is 1. The van der Waals surface area contributed by atoms with Crippen LogP contribution in [-0.2, 0) is 19.4 Å². The van der Waals surface area contributed by atoms with Crippen molar-refractivity contribution in [3.05, 3.63) is 59.1 Å². The molecule has 3 rings (SSSR count). The molecule has 1 heterocycles. The summed E-state index contributed by atoms with van der Waals surface area (Å²) in [6.45, 7) is 4.93. The summed E-state index contributed by atoms with van der Waals surface area (Å²) in [5, 5.41) is 2.84. The van der Waals surface area contributed by atoms with Gasteiger partial charge in [0.15, 0.2) is 16.4 Å². The van der Waals surface area contributed by atoms with E-state index in [9.17, 15) is 13.2 Å². The summed E-state index contributed by atoms with van der Waals surface area (Å²) in [5.74, 6) is 0.459. The van der Waals surface area contributed by atoms with Gasteiger partial charge in [-0.1, -0.05) is 26.0 Å². The molecule has 7 nitrogen and oxygen atoms in total. The second-order valence-corrected chi connectivity index (χ2v) is 8.65. The van der Waals surface area contributed by atoms with Gasteiger partial charge in [0, 0.05) is 18.0 Å². The Morgan fingerprint density at radius 1 is 1.07 bits per heavy atom. The van der Waals surface area contributed by atoms with Crippen molar-refractivity contribution >= 4 is 21.5 Å². The fourth-order valence-electron chi connectivity index (χ4n) is 2.79. The van der Waals surface area contributed by atoms with Crippen LogP contribution in [0, 0.1) is 0 Å². The van der Waals surface area contributed by atoms with Crippen LogP contribution in [-0.4, -0.2) is 34.7 Å². The van der Waals surface area contributed by atoms with Crippen molar-refractivity contribution in [2.45, 2.75) is 24.7 Å². The standard InChI is InChI=1S/C21H23NO6S/c1-14(2)15-4-7-17(8-5-15)29(24,25)20(21(23)26-3)13-22-16-6-9-18-19(12-16)28-11-10-27-18/h4-9,12-14,22H,10-11H2,1-3H3/b20-13+. The summed E-state index contributed by atoms with van der Waals surface area (Å²) in [4.78, 5) is 11.7. The van der Waals surface area contributed by atoms with Crippen molar-refractivity contribution in [1.82, 2.24) is 0 Å². The first-order chi connectivity index (χ1) is 13.8. The van der Waals surface area contributed by atoms with Gasteiger partial charge in [-0.25, -0.2) is 13.2 Å². The molecular formula is C21H23NO6S. The Balaban J connectivity index is 1.91. The van der Waals surface area contributed by atoms with Crippen LogP contribution in [0.15, 0.2) is 58.5 Å². The number of anilines is 1. The molecule has 0 saturated carbocycles. The molecule has 1 N–H and O–H groups in total. The van der Waals surface area contributed by atoms with Crippen LogP contribution in [0.5, 0.6) is 11.5 Å². The molecule has 0 aromatic heterocycles. The minimum absolute atomic E-state index is 0.0162. The Bertz CT molecular complexity index is 1030. The maximum absolute atomic E-state index is 13.0. The number of carbonyl (C=O) groups excluding carboxylic acids is 1. The summed E-state index contributed by atoms with van der Waals surface area (Å²) in [6.07, 6.45) is 1.13. The number of nitrogens with one attached hydrogen (secondary N) is 1. The van der Waals surface area contributed by atoms with E-state index in [0.717, 1.165) is 18.9 Å². The second-order valence-electron chi connectivity index (χ2n) is 6.73. The van der Waals surface area contributed by atoms with Crippen molar-refractivity contribution < 1.29 is 27.4 Å². The molecule has 0 saturated heterocycles. The number of hydrogen-bond acceptors (Lipinski definition) is 7. The highest BCUT2D eigenvalue weighted by Crippen LogP contribution is 2.33. The van der Waals surface area contributed by atoms with Crippen molar-refractivity contribution in [1.29, 1.82) is 0 Å². The zero-order valence-corrected chi connectivity index (χ0v) is 17.3. The number of esters is 1. The molecule has 29 heavy (non-hydrogen) atoms. The monoisotopic (exact) mass is 417 g/mol. The minimum Gasteiger partial charge on any atom is -0.486 e. The smallest absolute Gasteiger partial charge is 0.351 e. The molecule has 154 valence electrons. The molecule has 2 aromatic rings. The predicted octanol–water partition coefficient (Wildman–Crippen LogP) is 3.48. The normalized spacial score (nSPS) is 13.9. The van der Waals surface area contributed by atoms with Gasteiger partial charge in [-0.05, 0) is 35.7 Å². The van der Waals surface area contributed by atoms with E-state index in [1.807, 2.05) is 13.8 Å². The molecule has 0 bridgehead atoms. The largest absolute Gasteiger partial charge is 0.486 e. The fraction of sp³-hybridized carbons (Fsp3) is 0.286. The number of rotatable bonds is 6. The minimum atomic E-state index is -4.07. The van der Waals surface area contributed by atoms with Crippen LogP contribution in [0.2, 0.25) is 0 Å². The molecule has 1 aliphatic heterocycles. The Kier molecular flexibility index (Phi) is 6.12. The quantitative estimate of drug-likeness (QED) is 0.568. The molecule has 0 amide bonds. The van der Waals surface area contributed by atoms with E-state index < -0.39 is 20.7 Å². The third kappa shape index (κ3) is 4.54. The van der Waals surface area contributed by atoms with Crippen LogP contribution in [0.1, 0.15) is 25.3 Å². The van der Waals surface area contributed by atoms with Crippen LogP contribution < -0.4 is 14.8 Å². The van der Waals surface area contributed by atoms with Crippen LogP contribution in [0.3, 0.4) is 0 Å². The Morgan fingerprint density at radius 2 is 1.72 bits per heavy atom. The van der Waals surface area contributed by atoms with E-state index in [-0.39, 0.29) is 10.8 Å². The lowest BCUT2D eigenvalue weighted by Gasteiger charge is -2.18. The summed E-state index contributed by atoms with van der Waals surface area (Å²) >= 11 is 0. The molecule has 0 radical (unpaired) electrons. The molecule has 0 spiro atoms. The summed E-state index contributed by atoms with van der Waals surface area (Å²) in [7, 11) is -2.94. The number of methoxy groups -OCH3 is 1. The second kappa shape index (κ2) is 8.57. The molecule has 8 heteroatoms. The molecule has 1 aliphatic rings. The lowest BCUT2D eigenvalue weighted by atomic mass is 10.0. The lowest BCUT2D eigenvalue weighted by molar-refractivity contribution is -0.135. The molecule has 0 unspecified atom stereocenters. The number of ether oxygens (including phenoxy) is 3. The number of hydrogen-bond donors (Lipinski definition) is 1. The maximum atomic E-state index is 13.0.